The molecule has 0 fully saturated rings. The number of benzene rings is 2. The third kappa shape index (κ3) is 6.66. The van der Waals surface area contributed by atoms with E-state index < -0.39 is 40.9 Å². The van der Waals surface area contributed by atoms with Crippen molar-refractivity contribution >= 4 is 43.2 Å². The van der Waals surface area contributed by atoms with Gasteiger partial charge in [0, 0.05) is 11.4 Å². The molecule has 1 N–H and O–H groups in total. The average Bonchev–Trinajstić information content (AvgIpc) is 2.58. The molecule has 2 aromatic carbocycles. The van der Waals surface area contributed by atoms with Crippen molar-refractivity contribution < 1.29 is 39.5 Å². The lowest BCUT2D eigenvalue weighted by Gasteiger charge is -2.17. The van der Waals surface area contributed by atoms with Gasteiger partial charge in [-0.1, -0.05) is 12.1 Å². The van der Waals surface area contributed by atoms with E-state index in [9.17, 15) is 39.5 Å². The highest BCUT2D eigenvalue weighted by Crippen LogP contribution is 2.39. The molecule has 0 aliphatic heterocycles. The van der Waals surface area contributed by atoms with Crippen LogP contribution in [0, 0.1) is 0 Å². The number of alkyl halides is 9. The Hall–Kier alpha value is -1.69. The van der Waals surface area contributed by atoms with E-state index in [4.69, 9.17) is 0 Å². The fourth-order valence-corrected chi connectivity index (χ4v) is 2.80. The van der Waals surface area contributed by atoms with Crippen LogP contribution in [-0.2, 0) is 24.9 Å². The molecule has 0 amide bonds. The monoisotopic (exact) mass is 569 g/mol. The first kappa shape index (κ1) is 24.6. The van der Waals surface area contributed by atoms with E-state index in [1.165, 1.54) is 6.08 Å². The van der Waals surface area contributed by atoms with E-state index in [0.717, 1.165) is 12.1 Å². The molecule has 0 unspecified atom stereocenters. The second-order valence-electron chi connectivity index (χ2n) is 5.99. The van der Waals surface area contributed by atoms with Crippen LogP contribution in [0.1, 0.15) is 22.3 Å². The van der Waals surface area contributed by atoms with Crippen LogP contribution in [0.4, 0.5) is 50.9 Å². The fourth-order valence-electron chi connectivity index (χ4n) is 2.48. The van der Waals surface area contributed by atoms with Crippen LogP contribution in [0.5, 0.6) is 0 Å². The molecule has 2 rings (SSSR count). The summed E-state index contributed by atoms with van der Waals surface area (Å²) >= 11 is 6.02. The van der Waals surface area contributed by atoms with Gasteiger partial charge in [-0.05, 0) is 74.2 Å². The number of hydrogen-bond acceptors (Lipinski definition) is 1. The molecule has 0 heterocycles. The van der Waals surface area contributed by atoms with Crippen molar-refractivity contribution in [3.63, 3.8) is 0 Å². The van der Waals surface area contributed by atoms with Gasteiger partial charge < -0.3 is 5.32 Å². The molecule has 164 valence electrons. The molecular formula is C18H10Br2F9N. The van der Waals surface area contributed by atoms with Crippen LogP contribution in [0.15, 0.2) is 45.9 Å². The fraction of sp³-hybridized carbons (Fsp3) is 0.222. The van der Waals surface area contributed by atoms with Crippen LogP contribution >= 0.6 is 31.9 Å². The Bertz CT molecular complexity index is 908. The molecule has 1 nitrogen and oxygen atoms in total. The van der Waals surface area contributed by atoms with Crippen molar-refractivity contribution in [1.82, 2.24) is 0 Å². The Labute approximate surface area is 181 Å². The average molecular weight is 571 g/mol. The van der Waals surface area contributed by atoms with Gasteiger partial charge in [-0.25, -0.2) is 0 Å². The van der Waals surface area contributed by atoms with Gasteiger partial charge in [0.2, 0.25) is 0 Å². The summed E-state index contributed by atoms with van der Waals surface area (Å²) in [4.78, 5) is 0. The van der Waals surface area contributed by atoms with Gasteiger partial charge >= 0.3 is 18.5 Å². The summed E-state index contributed by atoms with van der Waals surface area (Å²) in [6.45, 7) is 0. The number of allylic oxidation sites excluding steroid dienone is 1. The predicted octanol–water partition coefficient (Wildman–Crippen LogP) is 8.66. The first-order chi connectivity index (χ1) is 13.6. The minimum absolute atomic E-state index is 0.0696. The number of nitrogens with one attached hydrogen (secondary N) is 1. The first-order valence-corrected chi connectivity index (χ1v) is 9.44. The van der Waals surface area contributed by atoms with Crippen molar-refractivity contribution in [2.45, 2.75) is 24.9 Å². The van der Waals surface area contributed by atoms with Crippen LogP contribution in [0.3, 0.4) is 0 Å². The van der Waals surface area contributed by atoms with E-state index in [2.05, 4.69) is 37.2 Å². The van der Waals surface area contributed by atoms with Crippen LogP contribution in [0.2, 0.25) is 0 Å². The molecule has 0 radical (unpaired) electrons. The quantitative estimate of drug-likeness (QED) is 0.363. The zero-order valence-electron chi connectivity index (χ0n) is 14.4. The molecule has 0 atom stereocenters. The Morgan fingerprint density at radius 1 is 0.733 bits per heavy atom. The third-order valence-corrected chi connectivity index (χ3v) is 4.42. The highest BCUT2D eigenvalue weighted by Gasteiger charge is 2.37. The minimum atomic E-state index is -5.08. The van der Waals surface area contributed by atoms with Crippen molar-refractivity contribution in [2.24, 2.45) is 0 Å². The van der Waals surface area contributed by atoms with E-state index in [1.807, 2.05) is 0 Å². The molecule has 0 saturated heterocycles. The van der Waals surface area contributed by atoms with Crippen molar-refractivity contribution in [3.8, 4) is 0 Å². The lowest BCUT2D eigenvalue weighted by atomic mass is 10.0. The van der Waals surface area contributed by atoms with E-state index in [0.29, 0.717) is 21.6 Å². The Morgan fingerprint density at radius 2 is 1.27 bits per heavy atom. The molecule has 0 aliphatic rings. The van der Waals surface area contributed by atoms with Gasteiger partial charge in [-0.3, -0.25) is 0 Å². The van der Waals surface area contributed by atoms with E-state index in [-0.39, 0.29) is 23.7 Å². The van der Waals surface area contributed by atoms with Gasteiger partial charge in [-0.2, -0.15) is 39.5 Å². The lowest BCUT2D eigenvalue weighted by Crippen LogP contribution is -2.12. The maximum Gasteiger partial charge on any atom is 0.416 e. The summed E-state index contributed by atoms with van der Waals surface area (Å²) < 4.78 is 118. The summed E-state index contributed by atoms with van der Waals surface area (Å²) in [6, 6.07) is 3.55. The number of hydrogen-bond donors (Lipinski definition) is 1. The van der Waals surface area contributed by atoms with Crippen LogP contribution in [0.25, 0.3) is 0 Å². The van der Waals surface area contributed by atoms with E-state index >= 15 is 0 Å². The summed E-state index contributed by atoms with van der Waals surface area (Å²) in [5, 5.41) is 2.20. The largest absolute Gasteiger partial charge is 0.416 e. The van der Waals surface area contributed by atoms with Crippen molar-refractivity contribution in [2.75, 3.05) is 5.32 Å². The molecule has 12 heteroatoms. The van der Waals surface area contributed by atoms with Crippen molar-refractivity contribution in [3.05, 3.63) is 68.1 Å². The van der Waals surface area contributed by atoms with Gasteiger partial charge in [0.05, 0.1) is 20.1 Å². The summed E-state index contributed by atoms with van der Waals surface area (Å²) in [6.07, 6.45) is -13.7. The SMILES string of the molecule is FC(F)(F)c1cc(Nc2ccc(CC=C(Br)Br)c(C(F)(F)F)c2)cc(C(F)(F)F)c1. The van der Waals surface area contributed by atoms with Gasteiger partial charge in [0.1, 0.15) is 0 Å². The van der Waals surface area contributed by atoms with E-state index in [1.54, 1.807) is 0 Å². The standard InChI is InChI=1S/C18H10Br2F9N/c19-15(20)4-2-9-1-3-12(8-14(9)18(27,28)29)30-13-6-10(16(21,22)23)5-11(7-13)17(24,25)26/h1,3-8,30H,2H2. The smallest absolute Gasteiger partial charge is 0.355 e. The predicted molar refractivity (Wildman–Crippen MR) is 101 cm³/mol. The number of anilines is 2. The van der Waals surface area contributed by atoms with Gasteiger partial charge in [-0.15, -0.1) is 0 Å². The number of halogens is 11. The molecule has 0 saturated carbocycles. The highest BCUT2D eigenvalue weighted by molar-refractivity contribution is 9.28. The topological polar surface area (TPSA) is 12.0 Å². The Morgan fingerprint density at radius 3 is 1.70 bits per heavy atom. The van der Waals surface area contributed by atoms with Crippen LogP contribution < -0.4 is 5.32 Å². The number of rotatable bonds is 4. The van der Waals surface area contributed by atoms with Gasteiger partial charge in [0.25, 0.3) is 0 Å². The third-order valence-electron chi connectivity index (χ3n) is 3.77. The maximum atomic E-state index is 13.4. The Balaban J connectivity index is 2.50. The van der Waals surface area contributed by atoms with Crippen LogP contribution in [-0.4, -0.2) is 0 Å². The Kier molecular flexibility index (Phi) is 7.22. The zero-order valence-corrected chi connectivity index (χ0v) is 17.6. The van der Waals surface area contributed by atoms with Gasteiger partial charge in [0.15, 0.2) is 0 Å². The molecule has 0 aliphatic carbocycles. The first-order valence-electron chi connectivity index (χ1n) is 7.85. The highest BCUT2D eigenvalue weighted by atomic mass is 79.9. The zero-order chi connectivity index (χ0) is 22.9. The molecule has 0 spiro atoms. The minimum Gasteiger partial charge on any atom is -0.355 e. The lowest BCUT2D eigenvalue weighted by molar-refractivity contribution is -0.143. The second-order valence-corrected chi connectivity index (χ2v) is 8.76. The molecule has 2 aromatic rings. The molecule has 0 bridgehead atoms. The molecular weight excluding hydrogens is 561 g/mol. The summed E-state index contributed by atoms with van der Waals surface area (Å²) in [5.41, 5.74) is -5.35. The van der Waals surface area contributed by atoms with Crippen molar-refractivity contribution in [1.29, 1.82) is 0 Å². The molecule has 30 heavy (non-hydrogen) atoms. The second kappa shape index (κ2) is 8.81. The normalized spacial score (nSPS) is 12.6. The summed E-state index contributed by atoms with van der Waals surface area (Å²) in [5.74, 6) is 0. The summed E-state index contributed by atoms with van der Waals surface area (Å²) in [7, 11) is 0. The molecule has 0 aromatic heterocycles. The maximum absolute atomic E-state index is 13.4.